The Hall–Kier alpha value is -2.16. The monoisotopic (exact) mass is 429 g/mol. The number of nitrogens with zero attached hydrogens (tertiary/aromatic N) is 1. The Kier molecular flexibility index (Phi) is 6.50. The predicted octanol–water partition coefficient (Wildman–Crippen LogP) is 1.55. The van der Waals surface area contributed by atoms with E-state index >= 15 is 0 Å². The Morgan fingerprint density at radius 2 is 1.68 bits per heavy atom. The van der Waals surface area contributed by atoms with Crippen LogP contribution in [0.1, 0.15) is 36.6 Å². The first kappa shape index (κ1) is 22.0. The summed E-state index contributed by atoms with van der Waals surface area (Å²) in [5, 5.41) is 40.2. The van der Waals surface area contributed by atoms with E-state index < -0.39 is 37.1 Å². The summed E-state index contributed by atoms with van der Waals surface area (Å²) >= 11 is 0. The number of rotatable bonds is 5. The van der Waals surface area contributed by atoms with Crippen LogP contribution in [0.3, 0.4) is 0 Å². The smallest absolute Gasteiger partial charge is 0.143 e. The summed E-state index contributed by atoms with van der Waals surface area (Å²) in [6.07, 6.45) is -4.87. The topological polar surface area (TPSA) is 103 Å². The number of aryl methyl sites for hydroxylation is 1. The van der Waals surface area contributed by atoms with Crippen LogP contribution in [-0.2, 0) is 17.7 Å². The van der Waals surface area contributed by atoms with Crippen molar-refractivity contribution >= 4 is 5.69 Å². The van der Waals surface area contributed by atoms with Crippen molar-refractivity contribution in [2.24, 2.45) is 0 Å². The first-order valence-electron chi connectivity index (χ1n) is 10.8. The largest absolute Gasteiger partial charge is 0.487 e. The van der Waals surface area contributed by atoms with Crippen LogP contribution in [0.15, 0.2) is 42.5 Å². The lowest BCUT2D eigenvalue weighted by Gasteiger charge is -2.41. The summed E-state index contributed by atoms with van der Waals surface area (Å²) in [6.45, 7) is 5.13. The molecule has 2 aliphatic rings. The zero-order chi connectivity index (χ0) is 22.1. The molecule has 2 heterocycles. The lowest BCUT2D eigenvalue weighted by Crippen LogP contribution is -2.55. The van der Waals surface area contributed by atoms with E-state index in [4.69, 9.17) is 9.47 Å². The van der Waals surface area contributed by atoms with Crippen LogP contribution >= 0.6 is 0 Å². The number of aliphatic hydroxyl groups excluding tert-OH is 4. The van der Waals surface area contributed by atoms with Crippen molar-refractivity contribution < 1.29 is 29.9 Å². The van der Waals surface area contributed by atoms with Gasteiger partial charge in [-0.1, -0.05) is 37.3 Å². The lowest BCUT2D eigenvalue weighted by atomic mass is 9.91. The summed E-state index contributed by atoms with van der Waals surface area (Å²) in [6, 6.07) is 14.1. The fourth-order valence-electron chi connectivity index (χ4n) is 4.35. The minimum Gasteiger partial charge on any atom is -0.487 e. The molecule has 1 fully saturated rings. The van der Waals surface area contributed by atoms with Crippen molar-refractivity contribution in [1.29, 1.82) is 0 Å². The van der Waals surface area contributed by atoms with Gasteiger partial charge in [0.05, 0.1) is 18.8 Å². The van der Waals surface area contributed by atoms with Gasteiger partial charge in [-0.2, -0.15) is 0 Å². The van der Waals surface area contributed by atoms with Gasteiger partial charge < -0.3 is 34.8 Å². The molecule has 0 spiro atoms. The lowest BCUT2D eigenvalue weighted by molar-refractivity contribution is -0.231. The SMILES string of the molecule is CCc1ccc(CN2CC(C)Oc3ccc([C@@H]4O[C@H](CO)[C@@H](O)[C@H](O)[C@H]4O)cc32)cc1. The predicted molar refractivity (Wildman–Crippen MR) is 116 cm³/mol. The minimum atomic E-state index is -1.41. The molecule has 0 aliphatic carbocycles. The van der Waals surface area contributed by atoms with E-state index in [-0.39, 0.29) is 6.10 Å². The van der Waals surface area contributed by atoms with E-state index in [9.17, 15) is 20.4 Å². The van der Waals surface area contributed by atoms with Crippen LogP contribution in [0.25, 0.3) is 0 Å². The third-order valence-corrected chi connectivity index (χ3v) is 6.15. The number of fused-ring (bicyclic) bond motifs is 1. The van der Waals surface area contributed by atoms with Gasteiger partial charge >= 0.3 is 0 Å². The van der Waals surface area contributed by atoms with Crippen molar-refractivity contribution in [3.05, 3.63) is 59.2 Å². The zero-order valence-corrected chi connectivity index (χ0v) is 17.9. The summed E-state index contributed by atoms with van der Waals surface area (Å²) in [5.41, 5.74) is 4.02. The molecule has 0 radical (unpaired) electrons. The summed E-state index contributed by atoms with van der Waals surface area (Å²) < 4.78 is 11.7. The molecule has 0 bridgehead atoms. The van der Waals surface area contributed by atoms with Gasteiger partial charge in [0, 0.05) is 6.54 Å². The van der Waals surface area contributed by atoms with E-state index in [0.717, 1.165) is 17.9 Å². The molecule has 0 aromatic heterocycles. The number of aliphatic hydroxyl groups is 4. The van der Waals surface area contributed by atoms with Crippen molar-refractivity contribution in [1.82, 2.24) is 0 Å². The molecule has 2 aromatic carbocycles. The molecule has 7 heteroatoms. The second-order valence-corrected chi connectivity index (χ2v) is 8.46. The molecule has 0 saturated carbocycles. The number of ether oxygens (including phenoxy) is 2. The first-order valence-corrected chi connectivity index (χ1v) is 10.8. The van der Waals surface area contributed by atoms with Gasteiger partial charge in [-0.3, -0.25) is 0 Å². The Bertz CT molecular complexity index is 886. The van der Waals surface area contributed by atoms with Gasteiger partial charge in [0.15, 0.2) is 0 Å². The van der Waals surface area contributed by atoms with Crippen LogP contribution in [0, 0.1) is 0 Å². The standard InChI is InChI=1S/C24H31NO6/c1-3-15-4-6-16(7-5-15)12-25-11-14(2)30-19-9-8-17(10-18(19)25)24-23(29)22(28)21(27)20(13-26)31-24/h4-10,14,20-24,26-29H,3,11-13H2,1-2H3/t14?,20-,21-,22+,23-,24+/m1/s1. The second-order valence-electron chi connectivity index (χ2n) is 8.46. The van der Waals surface area contributed by atoms with E-state index in [1.807, 2.05) is 19.1 Å². The first-order chi connectivity index (χ1) is 14.9. The highest BCUT2D eigenvalue weighted by molar-refractivity contribution is 5.62. The van der Waals surface area contributed by atoms with Crippen molar-refractivity contribution in [2.75, 3.05) is 18.1 Å². The molecule has 1 saturated heterocycles. The number of anilines is 1. The highest BCUT2D eigenvalue weighted by Gasteiger charge is 2.44. The molecule has 2 aromatic rings. The molecule has 2 aliphatic heterocycles. The molecule has 4 rings (SSSR count). The Morgan fingerprint density at radius 3 is 2.35 bits per heavy atom. The van der Waals surface area contributed by atoms with Crippen LogP contribution in [0.4, 0.5) is 5.69 Å². The third-order valence-electron chi connectivity index (χ3n) is 6.15. The maximum absolute atomic E-state index is 10.5. The van der Waals surface area contributed by atoms with Crippen LogP contribution in [0.2, 0.25) is 0 Å². The van der Waals surface area contributed by atoms with E-state index in [0.29, 0.717) is 18.7 Å². The van der Waals surface area contributed by atoms with Gasteiger partial charge in [-0.15, -0.1) is 0 Å². The maximum Gasteiger partial charge on any atom is 0.143 e. The number of benzene rings is 2. The second kappa shape index (κ2) is 9.14. The molecular weight excluding hydrogens is 398 g/mol. The molecule has 31 heavy (non-hydrogen) atoms. The van der Waals surface area contributed by atoms with Crippen LogP contribution < -0.4 is 9.64 Å². The van der Waals surface area contributed by atoms with Gasteiger partial charge in [-0.05, 0) is 42.2 Å². The molecule has 6 atom stereocenters. The molecule has 1 unspecified atom stereocenters. The van der Waals surface area contributed by atoms with Crippen molar-refractivity contribution in [2.45, 2.75) is 63.4 Å². The summed E-state index contributed by atoms with van der Waals surface area (Å²) in [7, 11) is 0. The van der Waals surface area contributed by atoms with Gasteiger partial charge in [0.1, 0.15) is 42.4 Å². The van der Waals surface area contributed by atoms with E-state index in [1.54, 1.807) is 6.07 Å². The third kappa shape index (κ3) is 4.42. The molecule has 168 valence electrons. The Morgan fingerprint density at radius 1 is 0.968 bits per heavy atom. The number of hydrogen-bond donors (Lipinski definition) is 4. The molecule has 0 amide bonds. The average molecular weight is 430 g/mol. The highest BCUT2D eigenvalue weighted by atomic mass is 16.5. The summed E-state index contributed by atoms with van der Waals surface area (Å²) in [5.74, 6) is 0.747. The van der Waals surface area contributed by atoms with Crippen LogP contribution in [0.5, 0.6) is 5.75 Å². The Balaban J connectivity index is 1.62. The zero-order valence-electron chi connectivity index (χ0n) is 17.9. The molecule has 4 N–H and O–H groups in total. The van der Waals surface area contributed by atoms with Gasteiger partial charge in [0.25, 0.3) is 0 Å². The van der Waals surface area contributed by atoms with Gasteiger partial charge in [0.2, 0.25) is 0 Å². The normalized spacial score (nSPS) is 30.6. The quantitative estimate of drug-likeness (QED) is 0.572. The Labute approximate surface area is 182 Å². The average Bonchev–Trinajstić information content (AvgIpc) is 2.78. The van der Waals surface area contributed by atoms with E-state index in [2.05, 4.69) is 36.1 Å². The minimum absolute atomic E-state index is 0.0283. The van der Waals surface area contributed by atoms with Crippen molar-refractivity contribution in [3.8, 4) is 5.75 Å². The van der Waals surface area contributed by atoms with Crippen molar-refractivity contribution in [3.63, 3.8) is 0 Å². The molecular formula is C24H31NO6. The number of hydrogen-bond acceptors (Lipinski definition) is 7. The highest BCUT2D eigenvalue weighted by Crippen LogP contribution is 2.40. The fourth-order valence-corrected chi connectivity index (χ4v) is 4.35. The fraction of sp³-hybridized carbons (Fsp3) is 0.500. The van der Waals surface area contributed by atoms with Crippen LogP contribution in [-0.4, -0.2) is 64.1 Å². The summed E-state index contributed by atoms with van der Waals surface area (Å²) in [4.78, 5) is 2.23. The maximum atomic E-state index is 10.5. The van der Waals surface area contributed by atoms with Gasteiger partial charge in [-0.25, -0.2) is 0 Å². The van der Waals surface area contributed by atoms with E-state index in [1.165, 1.54) is 11.1 Å². The molecule has 7 nitrogen and oxygen atoms in total.